The summed E-state index contributed by atoms with van der Waals surface area (Å²) in [7, 11) is 1.83. The second-order valence-electron chi connectivity index (χ2n) is 4.59. The fourth-order valence-corrected chi connectivity index (χ4v) is 1.81. The van der Waals surface area contributed by atoms with Crippen LogP contribution in [0.4, 0.5) is 0 Å². The number of carbonyl (C=O) groups is 1. The number of halogens is 1. The predicted molar refractivity (Wildman–Crippen MR) is 72.2 cm³/mol. The predicted octanol–water partition coefficient (Wildman–Crippen LogP) is 3.39. The van der Waals surface area contributed by atoms with Gasteiger partial charge in [0.25, 0.3) is 0 Å². The van der Waals surface area contributed by atoms with Gasteiger partial charge in [-0.05, 0) is 19.4 Å². The van der Waals surface area contributed by atoms with Gasteiger partial charge in [-0.1, -0.05) is 36.8 Å². The van der Waals surface area contributed by atoms with Gasteiger partial charge in [-0.2, -0.15) is 0 Å². The molecule has 0 N–H and O–H groups in total. The fraction of sp³-hybridized carbons (Fsp3) is 0.500. The van der Waals surface area contributed by atoms with Crippen molar-refractivity contribution in [2.75, 3.05) is 12.9 Å². The van der Waals surface area contributed by atoms with E-state index in [-0.39, 0.29) is 17.9 Å². The van der Waals surface area contributed by atoms with Crippen molar-refractivity contribution < 1.29 is 4.79 Å². The third-order valence-corrected chi connectivity index (χ3v) is 3.60. The maximum Gasteiger partial charge on any atom is 0.226 e. The summed E-state index contributed by atoms with van der Waals surface area (Å²) >= 11 is 5.71. The Bertz CT molecular complexity index is 374. The molecule has 17 heavy (non-hydrogen) atoms. The molecule has 0 aliphatic heterocycles. The van der Waals surface area contributed by atoms with Crippen LogP contribution in [0, 0.1) is 12.8 Å². The van der Waals surface area contributed by atoms with Crippen LogP contribution in [0.15, 0.2) is 24.3 Å². The van der Waals surface area contributed by atoms with Gasteiger partial charge in [0.1, 0.15) is 0 Å². The van der Waals surface area contributed by atoms with Gasteiger partial charge in [-0.25, -0.2) is 0 Å². The second kappa shape index (κ2) is 6.06. The summed E-state index contributed by atoms with van der Waals surface area (Å²) in [6.07, 6.45) is 0. The van der Waals surface area contributed by atoms with Crippen LogP contribution in [0.3, 0.4) is 0 Å². The Morgan fingerprint density at radius 1 is 1.29 bits per heavy atom. The van der Waals surface area contributed by atoms with Crippen LogP contribution >= 0.6 is 11.6 Å². The molecule has 0 heterocycles. The Balaban J connectivity index is 2.79. The van der Waals surface area contributed by atoms with Gasteiger partial charge in [0.2, 0.25) is 5.91 Å². The van der Waals surface area contributed by atoms with E-state index in [1.807, 2.05) is 20.9 Å². The van der Waals surface area contributed by atoms with E-state index >= 15 is 0 Å². The van der Waals surface area contributed by atoms with Crippen molar-refractivity contribution in [2.24, 2.45) is 5.92 Å². The number of hydrogen-bond donors (Lipinski definition) is 0. The van der Waals surface area contributed by atoms with E-state index < -0.39 is 0 Å². The summed E-state index contributed by atoms with van der Waals surface area (Å²) < 4.78 is 0. The lowest BCUT2D eigenvalue weighted by Crippen LogP contribution is -2.34. The first-order valence-corrected chi connectivity index (χ1v) is 6.40. The standard InChI is InChI=1S/C14H20ClNO/c1-10-5-7-13(8-6-10)12(3)16(4)14(17)11(2)9-15/h5-8,11-12H,9H2,1-4H3. The van der Waals surface area contributed by atoms with Crippen molar-refractivity contribution in [3.8, 4) is 0 Å². The maximum atomic E-state index is 12.0. The SMILES string of the molecule is Cc1ccc(C(C)N(C)C(=O)C(C)CCl)cc1. The zero-order valence-corrected chi connectivity index (χ0v) is 11.7. The van der Waals surface area contributed by atoms with Crippen LogP contribution in [0.5, 0.6) is 0 Å². The maximum absolute atomic E-state index is 12.0. The number of aryl methyl sites for hydroxylation is 1. The molecule has 0 bridgehead atoms. The Labute approximate surface area is 109 Å². The molecule has 1 rings (SSSR count). The average molecular weight is 254 g/mol. The Kier molecular flexibility index (Phi) is 5.01. The summed E-state index contributed by atoms with van der Waals surface area (Å²) in [5.74, 6) is 0.326. The van der Waals surface area contributed by atoms with E-state index in [9.17, 15) is 4.79 Å². The van der Waals surface area contributed by atoms with Crippen LogP contribution in [-0.4, -0.2) is 23.7 Å². The Morgan fingerprint density at radius 3 is 2.29 bits per heavy atom. The average Bonchev–Trinajstić information content (AvgIpc) is 2.36. The van der Waals surface area contributed by atoms with Crippen molar-refractivity contribution in [3.63, 3.8) is 0 Å². The van der Waals surface area contributed by atoms with E-state index in [0.717, 1.165) is 5.56 Å². The van der Waals surface area contributed by atoms with Crippen molar-refractivity contribution >= 4 is 17.5 Å². The molecule has 2 nitrogen and oxygen atoms in total. The van der Waals surface area contributed by atoms with Crippen LogP contribution in [0.2, 0.25) is 0 Å². The summed E-state index contributed by atoms with van der Waals surface area (Å²) in [5, 5.41) is 0. The topological polar surface area (TPSA) is 20.3 Å². The molecule has 3 heteroatoms. The molecule has 0 aliphatic carbocycles. The van der Waals surface area contributed by atoms with Gasteiger partial charge in [0.05, 0.1) is 6.04 Å². The summed E-state index contributed by atoms with van der Waals surface area (Å²) in [6.45, 7) is 5.94. The molecule has 0 aliphatic rings. The van der Waals surface area contributed by atoms with E-state index in [2.05, 4.69) is 31.2 Å². The van der Waals surface area contributed by atoms with E-state index in [1.54, 1.807) is 4.90 Å². The number of hydrogen-bond acceptors (Lipinski definition) is 1. The monoisotopic (exact) mass is 253 g/mol. The van der Waals surface area contributed by atoms with Gasteiger partial charge in [0, 0.05) is 18.8 Å². The summed E-state index contributed by atoms with van der Waals surface area (Å²) in [5.41, 5.74) is 2.37. The summed E-state index contributed by atoms with van der Waals surface area (Å²) in [4.78, 5) is 13.8. The minimum atomic E-state index is -0.130. The number of benzene rings is 1. The largest absolute Gasteiger partial charge is 0.339 e. The fourth-order valence-electron chi connectivity index (χ4n) is 1.67. The third-order valence-electron chi connectivity index (χ3n) is 3.14. The highest BCUT2D eigenvalue weighted by Gasteiger charge is 2.21. The van der Waals surface area contributed by atoms with Gasteiger partial charge >= 0.3 is 0 Å². The van der Waals surface area contributed by atoms with Crippen LogP contribution in [0.1, 0.15) is 31.0 Å². The zero-order chi connectivity index (χ0) is 13.0. The molecule has 0 aromatic heterocycles. The minimum Gasteiger partial charge on any atom is -0.339 e. The molecule has 0 saturated carbocycles. The first-order valence-electron chi connectivity index (χ1n) is 5.86. The smallest absolute Gasteiger partial charge is 0.226 e. The van der Waals surface area contributed by atoms with Crippen LogP contribution in [0.25, 0.3) is 0 Å². The molecule has 1 amide bonds. The molecule has 1 aromatic carbocycles. The Morgan fingerprint density at radius 2 is 1.82 bits per heavy atom. The highest BCUT2D eigenvalue weighted by molar-refractivity contribution is 6.19. The van der Waals surface area contributed by atoms with Gasteiger partial charge in [-0.3, -0.25) is 4.79 Å². The van der Waals surface area contributed by atoms with Crippen molar-refractivity contribution in [2.45, 2.75) is 26.8 Å². The number of alkyl halides is 1. The van der Waals surface area contributed by atoms with E-state index in [0.29, 0.717) is 5.88 Å². The number of carbonyl (C=O) groups excluding carboxylic acids is 1. The molecule has 1 aromatic rings. The van der Waals surface area contributed by atoms with Gasteiger partial charge < -0.3 is 4.90 Å². The van der Waals surface area contributed by atoms with E-state index in [1.165, 1.54) is 5.56 Å². The van der Waals surface area contributed by atoms with Crippen molar-refractivity contribution in [1.82, 2.24) is 4.90 Å². The quantitative estimate of drug-likeness (QED) is 0.754. The molecule has 0 saturated heterocycles. The highest BCUT2D eigenvalue weighted by Crippen LogP contribution is 2.21. The minimum absolute atomic E-state index is 0.0776. The van der Waals surface area contributed by atoms with Crippen LogP contribution in [-0.2, 0) is 4.79 Å². The molecular formula is C14H20ClNO. The molecule has 2 atom stereocenters. The van der Waals surface area contributed by atoms with Crippen molar-refractivity contribution in [3.05, 3.63) is 35.4 Å². The lowest BCUT2D eigenvalue weighted by Gasteiger charge is -2.27. The number of amides is 1. The van der Waals surface area contributed by atoms with Gasteiger partial charge in [0.15, 0.2) is 0 Å². The zero-order valence-electron chi connectivity index (χ0n) is 10.9. The molecule has 0 fully saturated rings. The number of nitrogens with zero attached hydrogens (tertiary/aromatic N) is 1. The van der Waals surface area contributed by atoms with E-state index in [4.69, 9.17) is 11.6 Å². The third kappa shape index (κ3) is 3.47. The molecule has 2 unspecified atom stereocenters. The Hall–Kier alpha value is -1.02. The highest BCUT2D eigenvalue weighted by atomic mass is 35.5. The normalized spacial score (nSPS) is 14.2. The lowest BCUT2D eigenvalue weighted by atomic mass is 10.0. The molecule has 0 spiro atoms. The lowest BCUT2D eigenvalue weighted by molar-refractivity contribution is -0.134. The molecule has 0 radical (unpaired) electrons. The molecule has 94 valence electrons. The second-order valence-corrected chi connectivity index (χ2v) is 4.90. The first-order chi connectivity index (χ1) is 7.97. The van der Waals surface area contributed by atoms with Crippen molar-refractivity contribution in [1.29, 1.82) is 0 Å². The first kappa shape index (κ1) is 14.0. The molecular weight excluding hydrogens is 234 g/mol. The summed E-state index contributed by atoms with van der Waals surface area (Å²) in [6, 6.07) is 8.34. The number of rotatable bonds is 4. The van der Waals surface area contributed by atoms with Gasteiger partial charge in [-0.15, -0.1) is 11.6 Å². The van der Waals surface area contributed by atoms with Crippen LogP contribution < -0.4 is 0 Å².